The van der Waals surface area contributed by atoms with E-state index in [4.69, 9.17) is 9.47 Å². The van der Waals surface area contributed by atoms with Crippen LogP contribution in [0.1, 0.15) is 18.1 Å². The van der Waals surface area contributed by atoms with Crippen LogP contribution in [0.25, 0.3) is 0 Å². The summed E-state index contributed by atoms with van der Waals surface area (Å²) in [6, 6.07) is 7.05. The Labute approximate surface area is 112 Å². The average molecular weight is 327 g/mol. The maximum atomic E-state index is 12.0. The Morgan fingerprint density at radius 1 is 1.22 bits per heavy atom. The number of alkyl halides is 4. The summed E-state index contributed by atoms with van der Waals surface area (Å²) in [5.41, 5.74) is 0.815. The number of hydrogen-bond acceptors (Lipinski definition) is 2. The van der Waals surface area contributed by atoms with Crippen LogP contribution in [0.15, 0.2) is 24.3 Å². The molecular weight excluding hydrogens is 313 g/mol. The van der Waals surface area contributed by atoms with E-state index < -0.39 is 18.7 Å². The zero-order valence-electron chi connectivity index (χ0n) is 9.84. The Kier molecular flexibility index (Phi) is 5.95. The number of ether oxygens (including phenoxy) is 2. The molecule has 0 aliphatic rings. The van der Waals surface area contributed by atoms with Gasteiger partial charge in [0.15, 0.2) is 0 Å². The first-order valence-electron chi connectivity index (χ1n) is 5.34. The molecule has 1 aromatic rings. The van der Waals surface area contributed by atoms with Gasteiger partial charge in [0.2, 0.25) is 0 Å². The molecule has 0 N–H and O–H groups in total. The molecule has 0 fully saturated rings. The molecule has 0 saturated carbocycles. The Hall–Kier alpha value is -0.750. The summed E-state index contributed by atoms with van der Waals surface area (Å²) >= 11 is 3.23. The minimum absolute atomic E-state index is 0.341. The highest BCUT2D eigenvalue weighted by Gasteiger charge is 2.27. The van der Waals surface area contributed by atoms with Crippen LogP contribution in [0.3, 0.4) is 0 Å². The van der Waals surface area contributed by atoms with Crippen molar-refractivity contribution in [3.63, 3.8) is 0 Å². The topological polar surface area (TPSA) is 18.5 Å². The van der Waals surface area contributed by atoms with Gasteiger partial charge in [-0.2, -0.15) is 13.2 Å². The molecular formula is C12H14BrF3O2. The third-order valence-electron chi connectivity index (χ3n) is 2.33. The fourth-order valence-electron chi connectivity index (χ4n) is 1.37. The van der Waals surface area contributed by atoms with Crippen molar-refractivity contribution >= 4 is 15.9 Å². The highest BCUT2D eigenvalue weighted by atomic mass is 79.9. The van der Waals surface area contributed by atoms with E-state index in [-0.39, 0.29) is 6.61 Å². The van der Waals surface area contributed by atoms with Crippen molar-refractivity contribution in [2.75, 3.05) is 19.0 Å². The minimum Gasteiger partial charge on any atom is -0.497 e. The van der Waals surface area contributed by atoms with Gasteiger partial charge in [-0.1, -0.05) is 28.1 Å². The number of halogens is 4. The third-order valence-corrected chi connectivity index (χ3v) is 2.92. The third kappa shape index (κ3) is 5.27. The number of hydrogen-bond donors (Lipinski definition) is 0. The summed E-state index contributed by atoms with van der Waals surface area (Å²) in [6.07, 6.45) is -5.51. The average Bonchev–Trinajstić information content (AvgIpc) is 2.34. The van der Waals surface area contributed by atoms with E-state index in [1.54, 1.807) is 31.4 Å². The summed E-state index contributed by atoms with van der Waals surface area (Å²) < 4.78 is 46.2. The summed E-state index contributed by atoms with van der Waals surface area (Å²) in [5, 5.41) is 0.442. The zero-order chi connectivity index (χ0) is 13.6. The van der Waals surface area contributed by atoms with Crippen LogP contribution in [0.2, 0.25) is 0 Å². The Balaban J connectivity index is 2.54. The number of rotatable bonds is 6. The molecule has 0 bridgehead atoms. The van der Waals surface area contributed by atoms with Crippen LogP contribution in [-0.2, 0) is 4.74 Å². The van der Waals surface area contributed by atoms with E-state index in [1.807, 2.05) is 0 Å². The van der Waals surface area contributed by atoms with Crippen LogP contribution in [0.4, 0.5) is 13.2 Å². The summed E-state index contributed by atoms with van der Waals surface area (Å²) in [6.45, 7) is -0.341. The van der Waals surface area contributed by atoms with Crippen molar-refractivity contribution in [1.82, 2.24) is 0 Å². The van der Waals surface area contributed by atoms with Crippen LogP contribution >= 0.6 is 15.9 Å². The first kappa shape index (κ1) is 15.3. The largest absolute Gasteiger partial charge is 0.497 e. The summed E-state index contributed by atoms with van der Waals surface area (Å²) in [4.78, 5) is 0. The van der Waals surface area contributed by atoms with E-state index >= 15 is 0 Å². The van der Waals surface area contributed by atoms with Gasteiger partial charge in [-0.15, -0.1) is 0 Å². The normalized spacial score (nSPS) is 13.4. The molecule has 0 aromatic heterocycles. The molecule has 0 amide bonds. The lowest BCUT2D eigenvalue weighted by Gasteiger charge is -2.16. The van der Waals surface area contributed by atoms with Crippen LogP contribution < -0.4 is 4.74 Å². The molecule has 0 aliphatic heterocycles. The van der Waals surface area contributed by atoms with E-state index in [9.17, 15) is 13.2 Å². The predicted molar refractivity (Wildman–Crippen MR) is 66.2 cm³/mol. The molecule has 0 spiro atoms. The fourth-order valence-corrected chi connectivity index (χ4v) is 1.93. The molecule has 102 valence electrons. The standard InChI is InChI=1S/C12H14BrF3O2/c1-17-10-4-2-9(3-5-10)11(8-13)18-7-6-12(14,15)16/h2-5,11H,6-8H2,1H3. The van der Waals surface area contributed by atoms with Gasteiger partial charge in [0, 0.05) is 5.33 Å². The second-order valence-electron chi connectivity index (χ2n) is 3.65. The Morgan fingerprint density at radius 3 is 2.28 bits per heavy atom. The lowest BCUT2D eigenvalue weighted by molar-refractivity contribution is -0.148. The van der Waals surface area contributed by atoms with Crippen LogP contribution in [-0.4, -0.2) is 25.2 Å². The van der Waals surface area contributed by atoms with Crippen molar-refractivity contribution in [3.8, 4) is 5.75 Å². The van der Waals surface area contributed by atoms with Crippen molar-refractivity contribution in [2.45, 2.75) is 18.7 Å². The lowest BCUT2D eigenvalue weighted by Crippen LogP contribution is -2.14. The Morgan fingerprint density at radius 2 is 1.83 bits per heavy atom. The van der Waals surface area contributed by atoms with Gasteiger partial charge < -0.3 is 9.47 Å². The highest BCUT2D eigenvalue weighted by Crippen LogP contribution is 2.25. The predicted octanol–water partition coefficient (Wildman–Crippen LogP) is 4.10. The molecule has 0 aliphatic carbocycles. The minimum atomic E-state index is -4.18. The molecule has 0 saturated heterocycles. The molecule has 2 nitrogen and oxygen atoms in total. The smallest absolute Gasteiger partial charge is 0.391 e. The maximum Gasteiger partial charge on any atom is 0.391 e. The molecule has 1 rings (SSSR count). The van der Waals surface area contributed by atoms with Gasteiger partial charge in [-0.05, 0) is 17.7 Å². The zero-order valence-corrected chi connectivity index (χ0v) is 11.4. The quantitative estimate of drug-likeness (QED) is 0.733. The summed E-state index contributed by atoms with van der Waals surface area (Å²) in [5.74, 6) is 0.697. The van der Waals surface area contributed by atoms with E-state index in [1.165, 1.54) is 0 Å². The van der Waals surface area contributed by atoms with Crippen molar-refractivity contribution in [2.24, 2.45) is 0 Å². The first-order chi connectivity index (χ1) is 8.46. The molecule has 1 unspecified atom stereocenters. The number of methoxy groups -OCH3 is 1. The van der Waals surface area contributed by atoms with E-state index in [0.29, 0.717) is 11.1 Å². The number of benzene rings is 1. The SMILES string of the molecule is COc1ccc(C(CBr)OCCC(F)(F)F)cc1. The molecule has 1 atom stereocenters. The van der Waals surface area contributed by atoms with Crippen molar-refractivity contribution in [3.05, 3.63) is 29.8 Å². The molecule has 18 heavy (non-hydrogen) atoms. The van der Waals surface area contributed by atoms with Gasteiger partial charge in [0.05, 0.1) is 26.2 Å². The van der Waals surface area contributed by atoms with Gasteiger partial charge in [0.25, 0.3) is 0 Å². The van der Waals surface area contributed by atoms with E-state index in [0.717, 1.165) is 5.56 Å². The second-order valence-corrected chi connectivity index (χ2v) is 4.30. The second kappa shape index (κ2) is 6.99. The van der Waals surface area contributed by atoms with Crippen molar-refractivity contribution in [1.29, 1.82) is 0 Å². The van der Waals surface area contributed by atoms with Gasteiger partial charge in [-0.25, -0.2) is 0 Å². The highest BCUT2D eigenvalue weighted by molar-refractivity contribution is 9.09. The van der Waals surface area contributed by atoms with Gasteiger partial charge >= 0.3 is 6.18 Å². The van der Waals surface area contributed by atoms with Gasteiger partial charge in [-0.3, -0.25) is 0 Å². The maximum absolute atomic E-state index is 12.0. The van der Waals surface area contributed by atoms with Crippen molar-refractivity contribution < 1.29 is 22.6 Å². The Bertz CT molecular complexity index is 351. The molecule has 0 heterocycles. The first-order valence-corrected chi connectivity index (χ1v) is 6.46. The molecule has 0 radical (unpaired) electrons. The molecule has 1 aromatic carbocycles. The lowest BCUT2D eigenvalue weighted by atomic mass is 10.1. The molecule has 6 heteroatoms. The summed E-state index contributed by atoms with van der Waals surface area (Å²) in [7, 11) is 1.55. The van der Waals surface area contributed by atoms with Crippen LogP contribution in [0.5, 0.6) is 5.75 Å². The van der Waals surface area contributed by atoms with E-state index in [2.05, 4.69) is 15.9 Å². The fraction of sp³-hybridized carbons (Fsp3) is 0.500. The van der Waals surface area contributed by atoms with Gasteiger partial charge in [0.1, 0.15) is 5.75 Å². The van der Waals surface area contributed by atoms with Crippen LogP contribution in [0, 0.1) is 0 Å². The monoisotopic (exact) mass is 326 g/mol.